The molecule has 8 aromatic rings. The molecule has 2 aromatic heterocycles. The molecule has 8 rings (SSSR count). The second-order valence-corrected chi connectivity index (χ2v) is 11.9. The molecule has 0 amide bonds. The van der Waals surface area contributed by atoms with E-state index < -0.39 is 0 Å². The van der Waals surface area contributed by atoms with E-state index in [-0.39, 0.29) is 0 Å². The average molecular weight is 629 g/mol. The van der Waals surface area contributed by atoms with Crippen LogP contribution in [0.3, 0.4) is 0 Å². The van der Waals surface area contributed by atoms with Crippen LogP contribution in [0.15, 0.2) is 156 Å². The number of para-hydroxylation sites is 1. The molecule has 0 aliphatic heterocycles. The standard InChI is InChI=1S/C44H28N4O/c45-21-19-29(26-46)10-9-28-11-13-32(14-12-28)44-36-7-2-1-6-35(36)43(33-17-15-31(16-18-33)40-23-30(27-47)20-22-48-40)38-24-37-34-5-3-4-8-41(34)49-42(37)25-39(38)44/h1-8,10-25H,9,45H2/b21-19-,29-10+. The number of fused-ring (bicyclic) bond motifs is 5. The lowest BCUT2D eigenvalue weighted by molar-refractivity contribution is 0.669. The number of nitrogens with zero attached hydrogens (tertiary/aromatic N) is 3. The first kappa shape index (κ1) is 29.5. The van der Waals surface area contributed by atoms with Crippen molar-refractivity contribution >= 4 is 43.5 Å². The number of aromatic nitrogens is 1. The minimum absolute atomic E-state index is 0.536. The van der Waals surface area contributed by atoms with Gasteiger partial charge in [0.2, 0.25) is 0 Å². The number of hydrogen-bond donors (Lipinski definition) is 1. The molecule has 49 heavy (non-hydrogen) atoms. The van der Waals surface area contributed by atoms with Gasteiger partial charge >= 0.3 is 0 Å². The molecule has 230 valence electrons. The molecular formula is C44H28N4O. The van der Waals surface area contributed by atoms with Gasteiger partial charge in [0.1, 0.15) is 11.2 Å². The van der Waals surface area contributed by atoms with Crippen molar-refractivity contribution in [1.29, 1.82) is 10.5 Å². The van der Waals surface area contributed by atoms with Gasteiger partial charge in [-0.1, -0.05) is 97.1 Å². The second kappa shape index (κ2) is 12.3. The van der Waals surface area contributed by atoms with Crippen molar-refractivity contribution in [3.8, 4) is 45.6 Å². The topological polar surface area (TPSA) is 99.6 Å². The highest BCUT2D eigenvalue weighted by Gasteiger charge is 2.19. The van der Waals surface area contributed by atoms with Gasteiger partial charge in [-0.25, -0.2) is 0 Å². The van der Waals surface area contributed by atoms with E-state index in [1.165, 1.54) is 6.20 Å². The Morgan fingerprint density at radius 3 is 1.96 bits per heavy atom. The molecule has 0 unspecified atom stereocenters. The summed E-state index contributed by atoms with van der Waals surface area (Å²) < 4.78 is 6.42. The van der Waals surface area contributed by atoms with E-state index in [1.54, 1.807) is 18.3 Å². The Kier molecular flexibility index (Phi) is 7.42. The summed E-state index contributed by atoms with van der Waals surface area (Å²) in [7, 11) is 0. The zero-order valence-corrected chi connectivity index (χ0v) is 26.4. The summed E-state index contributed by atoms with van der Waals surface area (Å²) in [5, 5.41) is 25.5. The highest BCUT2D eigenvalue weighted by Crippen LogP contribution is 2.46. The van der Waals surface area contributed by atoms with Crippen molar-refractivity contribution in [2.75, 3.05) is 0 Å². The van der Waals surface area contributed by atoms with Crippen LogP contribution in [-0.2, 0) is 6.42 Å². The summed E-state index contributed by atoms with van der Waals surface area (Å²) in [6.07, 6.45) is 7.19. The quantitative estimate of drug-likeness (QED) is 0.112. The van der Waals surface area contributed by atoms with Gasteiger partial charge in [0, 0.05) is 28.1 Å². The Hall–Kier alpha value is -6.95. The van der Waals surface area contributed by atoms with E-state index in [2.05, 4.69) is 108 Å². The highest BCUT2D eigenvalue weighted by molar-refractivity contribution is 6.24. The van der Waals surface area contributed by atoms with Gasteiger partial charge in [-0.3, -0.25) is 4.98 Å². The fourth-order valence-corrected chi connectivity index (χ4v) is 6.77. The zero-order valence-electron chi connectivity index (χ0n) is 26.4. The van der Waals surface area contributed by atoms with Gasteiger partial charge in [-0.05, 0) is 98.4 Å². The van der Waals surface area contributed by atoms with Gasteiger partial charge in [0.25, 0.3) is 0 Å². The van der Waals surface area contributed by atoms with Crippen molar-refractivity contribution in [2.24, 2.45) is 5.73 Å². The first-order chi connectivity index (χ1) is 24.1. The highest BCUT2D eigenvalue weighted by atomic mass is 16.3. The molecule has 0 aliphatic rings. The van der Waals surface area contributed by atoms with Crippen LogP contribution in [0.4, 0.5) is 0 Å². The molecule has 2 heterocycles. The van der Waals surface area contributed by atoms with E-state index in [0.717, 1.165) is 82.6 Å². The SMILES string of the molecule is N#CC(/C=C\N)=C/Cc1ccc(-c2c3ccccc3c(-c3ccc(-c4cc(C#N)ccn4)cc3)c3cc4c(cc23)oc2ccccc24)cc1. The fraction of sp³-hybridized carbons (Fsp3) is 0.0227. The van der Waals surface area contributed by atoms with Gasteiger partial charge in [-0.15, -0.1) is 0 Å². The Balaban J connectivity index is 1.36. The monoisotopic (exact) mass is 628 g/mol. The average Bonchev–Trinajstić information content (AvgIpc) is 3.52. The normalized spacial score (nSPS) is 11.8. The molecule has 0 atom stereocenters. The van der Waals surface area contributed by atoms with Crippen LogP contribution in [0.2, 0.25) is 0 Å². The van der Waals surface area contributed by atoms with Gasteiger partial charge in [0.05, 0.1) is 23.4 Å². The smallest absolute Gasteiger partial charge is 0.136 e. The Bertz CT molecular complexity index is 2700. The van der Waals surface area contributed by atoms with Crippen LogP contribution in [0.5, 0.6) is 0 Å². The number of rotatable bonds is 6. The van der Waals surface area contributed by atoms with E-state index in [1.807, 2.05) is 30.3 Å². The van der Waals surface area contributed by atoms with Crippen molar-refractivity contribution in [3.05, 3.63) is 163 Å². The summed E-state index contributed by atoms with van der Waals surface area (Å²) in [6, 6.07) is 46.1. The Morgan fingerprint density at radius 2 is 1.29 bits per heavy atom. The van der Waals surface area contributed by atoms with Crippen LogP contribution in [0.25, 0.3) is 77.0 Å². The van der Waals surface area contributed by atoms with Crippen LogP contribution >= 0.6 is 0 Å². The van der Waals surface area contributed by atoms with Crippen LogP contribution in [0.1, 0.15) is 11.1 Å². The van der Waals surface area contributed by atoms with Crippen LogP contribution in [-0.4, -0.2) is 4.98 Å². The first-order valence-electron chi connectivity index (χ1n) is 16.0. The number of nitrogens with two attached hydrogens (primary N) is 1. The molecule has 0 bridgehead atoms. The maximum Gasteiger partial charge on any atom is 0.136 e. The summed E-state index contributed by atoms with van der Waals surface area (Å²) in [5.41, 5.74) is 15.6. The number of furan rings is 1. The lowest BCUT2D eigenvalue weighted by atomic mass is 9.85. The number of hydrogen-bond acceptors (Lipinski definition) is 5. The number of nitriles is 2. The van der Waals surface area contributed by atoms with Crippen LogP contribution < -0.4 is 5.73 Å². The van der Waals surface area contributed by atoms with E-state index >= 15 is 0 Å². The molecule has 0 fully saturated rings. The molecule has 0 spiro atoms. The Morgan fingerprint density at radius 1 is 0.653 bits per heavy atom. The predicted octanol–water partition coefficient (Wildman–Crippen LogP) is 10.6. The third-order valence-electron chi connectivity index (χ3n) is 9.08. The van der Waals surface area contributed by atoms with Crippen molar-refractivity contribution in [2.45, 2.75) is 6.42 Å². The molecule has 0 aliphatic carbocycles. The van der Waals surface area contributed by atoms with E-state index in [4.69, 9.17) is 10.2 Å². The third-order valence-corrected chi connectivity index (χ3v) is 9.08. The maximum absolute atomic E-state index is 9.41. The lowest BCUT2D eigenvalue weighted by Crippen LogP contribution is -1.92. The van der Waals surface area contributed by atoms with E-state index in [9.17, 15) is 10.5 Å². The minimum Gasteiger partial charge on any atom is -0.456 e. The molecule has 5 heteroatoms. The second-order valence-electron chi connectivity index (χ2n) is 11.9. The summed E-state index contributed by atoms with van der Waals surface area (Å²) >= 11 is 0. The van der Waals surface area contributed by atoms with Crippen molar-refractivity contribution in [1.82, 2.24) is 4.98 Å². The number of pyridine rings is 1. The lowest BCUT2D eigenvalue weighted by Gasteiger charge is -2.18. The largest absolute Gasteiger partial charge is 0.456 e. The summed E-state index contributed by atoms with van der Waals surface area (Å²) in [5.74, 6) is 0. The molecule has 2 N–H and O–H groups in total. The number of benzene rings is 6. The van der Waals surface area contributed by atoms with Crippen molar-refractivity contribution in [3.63, 3.8) is 0 Å². The predicted molar refractivity (Wildman–Crippen MR) is 198 cm³/mol. The molecule has 0 radical (unpaired) electrons. The van der Waals surface area contributed by atoms with E-state index in [0.29, 0.717) is 17.6 Å². The molecule has 5 nitrogen and oxygen atoms in total. The molecular weight excluding hydrogens is 601 g/mol. The van der Waals surface area contributed by atoms with Gasteiger partial charge in [-0.2, -0.15) is 10.5 Å². The Labute approximate surface area is 283 Å². The van der Waals surface area contributed by atoms with Gasteiger partial charge < -0.3 is 10.2 Å². The van der Waals surface area contributed by atoms with Crippen LogP contribution in [0, 0.1) is 22.7 Å². The zero-order chi connectivity index (χ0) is 33.3. The maximum atomic E-state index is 9.41. The molecule has 0 saturated carbocycles. The van der Waals surface area contributed by atoms with Crippen molar-refractivity contribution < 1.29 is 4.42 Å². The fourth-order valence-electron chi connectivity index (χ4n) is 6.77. The molecule has 0 saturated heterocycles. The first-order valence-corrected chi connectivity index (χ1v) is 16.0. The van der Waals surface area contributed by atoms with Gasteiger partial charge in [0.15, 0.2) is 0 Å². The minimum atomic E-state index is 0.536. The summed E-state index contributed by atoms with van der Waals surface area (Å²) in [6.45, 7) is 0. The summed E-state index contributed by atoms with van der Waals surface area (Å²) in [4.78, 5) is 4.51. The number of allylic oxidation sites excluding steroid dienone is 3. The molecule has 6 aromatic carbocycles. The third kappa shape index (κ3) is 5.26.